The minimum atomic E-state index is -0.412. The number of carbonyl (C=O) groups is 1. The Morgan fingerprint density at radius 1 is 1.38 bits per heavy atom. The molecule has 0 atom stereocenters. The molecule has 0 aliphatic carbocycles. The van der Waals surface area contributed by atoms with Crippen LogP contribution in [0.25, 0.3) is 0 Å². The number of aromatic nitrogens is 2. The number of halogens is 1. The molecule has 2 N–H and O–H groups in total. The van der Waals surface area contributed by atoms with Crippen LogP contribution in [0, 0.1) is 5.82 Å². The predicted octanol–water partition coefficient (Wildman–Crippen LogP) is 1.96. The lowest BCUT2D eigenvalue weighted by atomic mass is 10.1. The van der Waals surface area contributed by atoms with Crippen molar-refractivity contribution in [3.8, 4) is 0 Å². The van der Waals surface area contributed by atoms with Gasteiger partial charge in [0, 0.05) is 24.3 Å². The molecule has 1 amide bonds. The fourth-order valence-electron chi connectivity index (χ4n) is 1.67. The van der Waals surface area contributed by atoms with E-state index in [9.17, 15) is 9.18 Å². The molecule has 0 aliphatic rings. The normalized spacial score (nSPS) is 10.6. The second-order valence-corrected chi connectivity index (χ2v) is 4.28. The molecular weight excluding hydrogens is 277 g/mol. The number of aromatic amines is 1. The van der Waals surface area contributed by atoms with Gasteiger partial charge in [-0.3, -0.25) is 9.89 Å². The van der Waals surface area contributed by atoms with Gasteiger partial charge in [-0.25, -0.2) is 4.39 Å². The van der Waals surface area contributed by atoms with E-state index in [-0.39, 0.29) is 12.5 Å². The van der Waals surface area contributed by atoms with Crippen LogP contribution in [0.15, 0.2) is 30.5 Å². The third-order valence-corrected chi connectivity index (χ3v) is 2.75. The van der Waals surface area contributed by atoms with E-state index in [4.69, 9.17) is 9.47 Å². The number of nitrogens with one attached hydrogen (secondary N) is 2. The van der Waals surface area contributed by atoms with Crippen molar-refractivity contribution < 1.29 is 18.7 Å². The molecule has 112 valence electrons. The van der Waals surface area contributed by atoms with Crippen molar-refractivity contribution in [1.82, 2.24) is 10.2 Å². The van der Waals surface area contributed by atoms with Gasteiger partial charge in [-0.15, -0.1) is 0 Å². The van der Waals surface area contributed by atoms with Crippen LogP contribution in [0.1, 0.15) is 15.9 Å². The molecule has 0 aliphatic heterocycles. The molecule has 1 aromatic carbocycles. The van der Waals surface area contributed by atoms with Gasteiger partial charge >= 0.3 is 0 Å². The van der Waals surface area contributed by atoms with Gasteiger partial charge in [-0.2, -0.15) is 5.10 Å². The molecule has 0 saturated heterocycles. The van der Waals surface area contributed by atoms with Crippen LogP contribution in [0.4, 0.5) is 10.2 Å². The first-order valence-corrected chi connectivity index (χ1v) is 6.36. The summed E-state index contributed by atoms with van der Waals surface area (Å²) < 4.78 is 23.8. The highest BCUT2D eigenvalue weighted by Crippen LogP contribution is 2.13. The van der Waals surface area contributed by atoms with Crippen LogP contribution in [0.2, 0.25) is 0 Å². The standard InChI is InChI=1S/C14H16FN3O3/c1-20-6-7-21-9-11-8-10(2-3-12(11)15)14(19)17-13-4-5-16-18-13/h2-5,8H,6-7,9H2,1H3,(H2,16,17,18,19). The first kappa shape index (κ1) is 15.1. The van der Waals surface area contributed by atoms with Gasteiger partial charge in [0.15, 0.2) is 0 Å². The van der Waals surface area contributed by atoms with Crippen LogP contribution in [-0.2, 0) is 16.1 Å². The van der Waals surface area contributed by atoms with Crippen LogP contribution >= 0.6 is 0 Å². The molecule has 7 heteroatoms. The summed E-state index contributed by atoms with van der Waals surface area (Å²) in [5.41, 5.74) is 0.666. The van der Waals surface area contributed by atoms with Crippen molar-refractivity contribution in [3.05, 3.63) is 47.4 Å². The van der Waals surface area contributed by atoms with Crippen molar-refractivity contribution in [2.75, 3.05) is 25.6 Å². The second kappa shape index (κ2) is 7.51. The SMILES string of the molecule is COCCOCc1cc(C(=O)Nc2ccn[nH]2)ccc1F. The molecule has 0 spiro atoms. The number of ether oxygens (including phenoxy) is 2. The number of amides is 1. The van der Waals surface area contributed by atoms with Gasteiger partial charge in [0.05, 0.1) is 26.0 Å². The van der Waals surface area contributed by atoms with Crippen LogP contribution < -0.4 is 5.32 Å². The summed E-state index contributed by atoms with van der Waals surface area (Å²) in [6.07, 6.45) is 1.52. The number of benzene rings is 1. The lowest BCUT2D eigenvalue weighted by Crippen LogP contribution is -2.13. The molecule has 0 bridgehead atoms. The Morgan fingerprint density at radius 3 is 2.95 bits per heavy atom. The zero-order valence-electron chi connectivity index (χ0n) is 11.6. The van der Waals surface area contributed by atoms with Crippen molar-refractivity contribution >= 4 is 11.7 Å². The van der Waals surface area contributed by atoms with Crippen molar-refractivity contribution in [1.29, 1.82) is 0 Å². The molecule has 0 saturated carbocycles. The smallest absolute Gasteiger partial charge is 0.256 e. The molecule has 0 radical (unpaired) electrons. The molecule has 1 aromatic heterocycles. The number of rotatable bonds is 7. The quantitative estimate of drug-likeness (QED) is 0.765. The molecule has 2 rings (SSSR count). The summed E-state index contributed by atoms with van der Waals surface area (Å²) in [6, 6.07) is 5.75. The largest absolute Gasteiger partial charge is 0.382 e. The molecular formula is C14H16FN3O3. The number of anilines is 1. The molecule has 6 nitrogen and oxygen atoms in total. The van der Waals surface area contributed by atoms with Crippen molar-refractivity contribution in [3.63, 3.8) is 0 Å². The topological polar surface area (TPSA) is 76.2 Å². The maximum absolute atomic E-state index is 13.7. The molecule has 21 heavy (non-hydrogen) atoms. The fourth-order valence-corrected chi connectivity index (χ4v) is 1.67. The zero-order chi connectivity index (χ0) is 15.1. The van der Waals surface area contributed by atoms with E-state index in [0.717, 1.165) is 0 Å². The Labute approximate surface area is 121 Å². The summed E-state index contributed by atoms with van der Waals surface area (Å²) in [7, 11) is 1.56. The number of methoxy groups -OCH3 is 1. The third kappa shape index (κ3) is 4.37. The first-order valence-electron chi connectivity index (χ1n) is 6.36. The highest BCUT2D eigenvalue weighted by molar-refractivity contribution is 6.03. The Morgan fingerprint density at radius 2 is 2.24 bits per heavy atom. The van der Waals surface area contributed by atoms with E-state index in [1.165, 1.54) is 24.4 Å². The highest BCUT2D eigenvalue weighted by Gasteiger charge is 2.10. The van der Waals surface area contributed by atoms with Crippen molar-refractivity contribution in [2.24, 2.45) is 0 Å². The Balaban J connectivity index is 2.01. The summed E-state index contributed by atoms with van der Waals surface area (Å²) in [6.45, 7) is 0.877. The summed E-state index contributed by atoms with van der Waals surface area (Å²) in [5.74, 6) is -0.287. The zero-order valence-corrected chi connectivity index (χ0v) is 11.6. The predicted molar refractivity (Wildman–Crippen MR) is 74.5 cm³/mol. The van der Waals surface area contributed by atoms with Crippen LogP contribution in [-0.4, -0.2) is 36.4 Å². The van der Waals surface area contributed by atoms with Crippen molar-refractivity contribution in [2.45, 2.75) is 6.61 Å². The monoisotopic (exact) mass is 293 g/mol. The van der Waals surface area contributed by atoms with Crippen LogP contribution in [0.3, 0.4) is 0 Å². The minimum Gasteiger partial charge on any atom is -0.382 e. The Bertz CT molecular complexity index is 587. The second-order valence-electron chi connectivity index (χ2n) is 4.28. The lowest BCUT2D eigenvalue weighted by molar-refractivity contribution is 0.0604. The van der Waals surface area contributed by atoms with E-state index in [1.807, 2.05) is 0 Å². The van der Waals surface area contributed by atoms with Gasteiger partial charge in [-0.05, 0) is 18.2 Å². The lowest BCUT2D eigenvalue weighted by Gasteiger charge is -2.08. The van der Waals surface area contributed by atoms with Gasteiger partial charge in [0.2, 0.25) is 0 Å². The minimum absolute atomic E-state index is 0.0837. The molecule has 0 unspecified atom stereocenters. The first-order chi connectivity index (χ1) is 10.2. The average molecular weight is 293 g/mol. The molecule has 0 fully saturated rings. The van der Waals surface area contributed by atoms with E-state index < -0.39 is 5.82 Å². The third-order valence-electron chi connectivity index (χ3n) is 2.75. The number of carbonyl (C=O) groups excluding carboxylic acids is 1. The fraction of sp³-hybridized carbons (Fsp3) is 0.286. The number of hydrogen-bond acceptors (Lipinski definition) is 4. The number of nitrogens with zero attached hydrogens (tertiary/aromatic N) is 1. The van der Waals surface area contributed by atoms with Gasteiger partial charge in [0.25, 0.3) is 5.91 Å². The van der Waals surface area contributed by atoms with E-state index in [2.05, 4.69) is 15.5 Å². The summed E-state index contributed by atoms with van der Waals surface area (Å²) in [5, 5.41) is 8.97. The average Bonchev–Trinajstić information content (AvgIpc) is 2.98. The van der Waals surface area contributed by atoms with Gasteiger partial charge in [-0.1, -0.05) is 0 Å². The van der Waals surface area contributed by atoms with E-state index in [1.54, 1.807) is 13.2 Å². The number of hydrogen-bond donors (Lipinski definition) is 2. The molecule has 2 aromatic rings. The van der Waals surface area contributed by atoms with Gasteiger partial charge < -0.3 is 14.8 Å². The van der Waals surface area contributed by atoms with Crippen LogP contribution in [0.5, 0.6) is 0 Å². The maximum Gasteiger partial charge on any atom is 0.256 e. The van der Waals surface area contributed by atoms with E-state index in [0.29, 0.717) is 30.2 Å². The Hall–Kier alpha value is -2.25. The number of H-pyrrole nitrogens is 1. The Kier molecular flexibility index (Phi) is 5.42. The summed E-state index contributed by atoms with van der Waals surface area (Å²) in [4.78, 5) is 12.0. The highest BCUT2D eigenvalue weighted by atomic mass is 19.1. The summed E-state index contributed by atoms with van der Waals surface area (Å²) >= 11 is 0. The maximum atomic E-state index is 13.7. The molecule has 1 heterocycles. The van der Waals surface area contributed by atoms with E-state index >= 15 is 0 Å². The van der Waals surface area contributed by atoms with Gasteiger partial charge in [0.1, 0.15) is 11.6 Å².